The zero-order valence-electron chi connectivity index (χ0n) is 45.4. The lowest BCUT2D eigenvalue weighted by molar-refractivity contribution is 0.0300. The van der Waals surface area contributed by atoms with E-state index in [1.807, 2.05) is 95.8 Å². The maximum absolute atomic E-state index is 15.5. The van der Waals surface area contributed by atoms with Gasteiger partial charge in [-0.25, -0.2) is 18.9 Å². The first kappa shape index (κ1) is 55.1. The average Bonchev–Trinajstić information content (AvgIpc) is 3.33. The molecule has 79 heavy (non-hydrogen) atoms. The third-order valence-electron chi connectivity index (χ3n) is 15.2. The molecule has 8 aromatic rings. The van der Waals surface area contributed by atoms with E-state index < -0.39 is 11.1 Å². The fourth-order valence-electron chi connectivity index (χ4n) is 10.5. The molecule has 0 unspecified atom stereocenters. The van der Waals surface area contributed by atoms with Crippen molar-refractivity contribution >= 4 is 52.0 Å². The largest absolute Gasteiger partial charge is 0.493 e. The standard InChI is InChI=1S/C61H65Cl2FN10O5/c1-7-79-54-33-47(59(2,3)4)15-20-51(54)57-69-60(5,45-11-16-48(62)17-12-45)61(6,46-13-18-49(63)19-14-46)74(57)58(76)71-24-22-70(23-25-71)26-28-78-30-29-77-27-21-55(75)73-40-43(35-68-73)42-32-52-53(37-66-56(52)65-34-42)44-36-67-72(39-44)38-41-9-8-10-50(64)31-41/h8-20,31-37,39-40H,7,21-30,38H2,1-6H3,(H,65,66)/t60-,61+/m1/s1. The van der Waals surface area contributed by atoms with Crippen molar-refractivity contribution < 1.29 is 28.2 Å². The summed E-state index contributed by atoms with van der Waals surface area (Å²) in [4.78, 5) is 48.2. The molecule has 2 amide bonds. The Morgan fingerprint density at radius 3 is 2.18 bits per heavy atom. The number of aromatic nitrogens is 6. The second-order valence-electron chi connectivity index (χ2n) is 21.4. The number of aromatic amines is 1. The topological polar surface area (TPSA) is 148 Å². The molecule has 0 radical (unpaired) electrons. The van der Waals surface area contributed by atoms with Gasteiger partial charge in [-0.05, 0) is 103 Å². The summed E-state index contributed by atoms with van der Waals surface area (Å²) < 4.78 is 35.0. The second-order valence-corrected chi connectivity index (χ2v) is 22.2. The number of benzene rings is 4. The number of carbonyl (C=O) groups excluding carboxylic acids is 2. The predicted octanol–water partition coefficient (Wildman–Crippen LogP) is 11.9. The number of amides is 2. The molecule has 0 spiro atoms. The minimum atomic E-state index is -1.03. The molecular weight excluding hydrogens is 1040 g/mol. The first-order chi connectivity index (χ1) is 38.0. The Kier molecular flexibility index (Phi) is 16.2. The minimum absolute atomic E-state index is 0.139. The van der Waals surface area contributed by atoms with Gasteiger partial charge in [0, 0.05) is 95.2 Å². The number of hydrogen-bond donors (Lipinski definition) is 1. The molecule has 1 fully saturated rings. The third-order valence-corrected chi connectivity index (χ3v) is 15.7. The van der Waals surface area contributed by atoms with E-state index in [-0.39, 0.29) is 36.2 Å². The lowest BCUT2D eigenvalue weighted by Crippen LogP contribution is -2.60. The second kappa shape index (κ2) is 23.2. The summed E-state index contributed by atoms with van der Waals surface area (Å²) in [5.41, 5.74) is 6.38. The molecule has 15 nitrogen and oxygen atoms in total. The number of nitrogens with zero attached hydrogens (tertiary/aromatic N) is 9. The first-order valence-electron chi connectivity index (χ1n) is 26.7. The van der Waals surface area contributed by atoms with Crippen LogP contribution in [0.4, 0.5) is 9.18 Å². The zero-order chi connectivity index (χ0) is 55.5. The van der Waals surface area contributed by atoms with Gasteiger partial charge in [0.1, 0.15) is 34.1 Å². The lowest BCUT2D eigenvalue weighted by atomic mass is 9.71. The number of amidine groups is 1. The summed E-state index contributed by atoms with van der Waals surface area (Å²) in [6.07, 6.45) is 10.8. The third kappa shape index (κ3) is 11.6. The molecular formula is C61H65Cl2FN10O5. The number of aliphatic imine (C=N–C) groups is 1. The number of pyridine rings is 1. The smallest absolute Gasteiger partial charge is 0.326 e. The van der Waals surface area contributed by atoms with Gasteiger partial charge in [0.05, 0.1) is 64.0 Å². The highest BCUT2D eigenvalue weighted by Crippen LogP contribution is 2.54. The van der Waals surface area contributed by atoms with Crippen LogP contribution < -0.4 is 4.74 Å². The molecule has 0 aliphatic carbocycles. The SMILES string of the molecule is CCOc1cc(C(C)(C)C)ccc1C1=N[C@](C)(c2ccc(Cl)cc2)[C@](C)(c2ccc(Cl)cc2)N1C(=O)N1CCN(CCOCCOCCC(=O)n2cc(-c3cnc4[nH]cc(-c5cnn(Cc6cccc(F)c6)c5)c4c3)cn2)CC1. The van der Waals surface area contributed by atoms with Gasteiger partial charge in [-0.1, -0.05) is 86.4 Å². The Hall–Kier alpha value is -7.21. The maximum Gasteiger partial charge on any atom is 0.326 e. The van der Waals surface area contributed by atoms with Crippen molar-refractivity contribution in [1.82, 2.24) is 44.2 Å². The van der Waals surface area contributed by atoms with Crippen LogP contribution >= 0.6 is 23.2 Å². The summed E-state index contributed by atoms with van der Waals surface area (Å²) in [6, 6.07) is 30.0. The van der Waals surface area contributed by atoms with Gasteiger partial charge >= 0.3 is 6.03 Å². The molecule has 2 aliphatic heterocycles. The summed E-state index contributed by atoms with van der Waals surface area (Å²) in [7, 11) is 0. The summed E-state index contributed by atoms with van der Waals surface area (Å²) in [5.74, 6) is 0.709. The normalized spacial score (nSPS) is 17.9. The van der Waals surface area contributed by atoms with Gasteiger partial charge < -0.3 is 24.1 Å². The molecule has 4 aromatic carbocycles. The van der Waals surface area contributed by atoms with Crippen LogP contribution in [0.1, 0.15) is 80.6 Å². The molecule has 1 saturated heterocycles. The Labute approximate surface area is 469 Å². The number of fused-ring (bicyclic) bond motifs is 1. The van der Waals surface area contributed by atoms with Crippen LogP contribution in [-0.2, 0) is 32.5 Å². The van der Waals surface area contributed by atoms with Crippen LogP contribution in [-0.4, -0.2) is 128 Å². The number of piperazine rings is 1. The monoisotopic (exact) mass is 1110 g/mol. The number of urea groups is 1. The number of halogens is 3. The van der Waals surface area contributed by atoms with Gasteiger partial charge in [0.25, 0.3) is 0 Å². The van der Waals surface area contributed by atoms with E-state index in [0.717, 1.165) is 55.5 Å². The van der Waals surface area contributed by atoms with E-state index in [4.69, 9.17) is 42.4 Å². The van der Waals surface area contributed by atoms with E-state index in [0.29, 0.717) is 93.0 Å². The van der Waals surface area contributed by atoms with Gasteiger partial charge in [-0.2, -0.15) is 10.2 Å². The highest BCUT2D eigenvalue weighted by atomic mass is 35.5. The highest BCUT2D eigenvalue weighted by Gasteiger charge is 2.60. The van der Waals surface area contributed by atoms with Gasteiger partial charge in [-0.15, -0.1) is 0 Å². The van der Waals surface area contributed by atoms with Gasteiger partial charge in [0.2, 0.25) is 5.91 Å². The fourth-order valence-corrected chi connectivity index (χ4v) is 10.8. The van der Waals surface area contributed by atoms with Crippen molar-refractivity contribution in [2.24, 2.45) is 4.99 Å². The lowest BCUT2D eigenvalue weighted by Gasteiger charge is -2.47. The van der Waals surface area contributed by atoms with E-state index in [1.165, 1.54) is 16.8 Å². The van der Waals surface area contributed by atoms with Crippen molar-refractivity contribution in [3.8, 4) is 28.0 Å². The van der Waals surface area contributed by atoms with Gasteiger partial charge in [-0.3, -0.25) is 24.3 Å². The highest BCUT2D eigenvalue weighted by molar-refractivity contribution is 6.30. The van der Waals surface area contributed by atoms with Crippen molar-refractivity contribution in [2.45, 2.75) is 71.0 Å². The Balaban J connectivity index is 0.723. The molecule has 18 heteroatoms. The summed E-state index contributed by atoms with van der Waals surface area (Å²) in [5, 5.41) is 10.9. The Morgan fingerprint density at radius 1 is 0.759 bits per heavy atom. The molecule has 6 heterocycles. The van der Waals surface area contributed by atoms with Crippen LogP contribution in [0.2, 0.25) is 10.0 Å². The van der Waals surface area contributed by atoms with Crippen molar-refractivity contribution in [2.75, 3.05) is 65.8 Å². The fraction of sp³-hybridized carbons (Fsp3) is 0.344. The predicted molar refractivity (Wildman–Crippen MR) is 307 cm³/mol. The summed E-state index contributed by atoms with van der Waals surface area (Å²) in [6.45, 7) is 17.9. The Bertz CT molecular complexity index is 3490. The minimum Gasteiger partial charge on any atom is -0.493 e. The molecule has 2 atom stereocenters. The maximum atomic E-state index is 15.5. The summed E-state index contributed by atoms with van der Waals surface area (Å²) >= 11 is 13.0. The quantitative estimate of drug-likeness (QED) is 0.0829. The number of H-pyrrole nitrogens is 1. The van der Waals surface area contributed by atoms with Crippen LogP contribution in [0.3, 0.4) is 0 Å². The number of ether oxygens (including phenoxy) is 3. The van der Waals surface area contributed by atoms with Crippen LogP contribution in [0.25, 0.3) is 33.3 Å². The van der Waals surface area contributed by atoms with Crippen LogP contribution in [0, 0.1) is 5.82 Å². The molecule has 10 rings (SSSR count). The average molecular weight is 1110 g/mol. The number of rotatable bonds is 18. The molecule has 2 aliphatic rings. The van der Waals surface area contributed by atoms with E-state index in [2.05, 4.69) is 71.8 Å². The zero-order valence-corrected chi connectivity index (χ0v) is 46.9. The van der Waals surface area contributed by atoms with Gasteiger partial charge in [0.15, 0.2) is 0 Å². The van der Waals surface area contributed by atoms with E-state index in [9.17, 15) is 9.18 Å². The number of nitrogens with one attached hydrogen (secondary N) is 1. The number of carbonyl (C=O) groups is 2. The van der Waals surface area contributed by atoms with Crippen molar-refractivity contribution in [3.05, 3.63) is 178 Å². The molecule has 1 N–H and O–H groups in total. The number of hydrogen-bond acceptors (Lipinski definition) is 10. The molecule has 410 valence electrons. The van der Waals surface area contributed by atoms with Crippen molar-refractivity contribution in [1.29, 1.82) is 0 Å². The molecule has 0 bridgehead atoms. The Morgan fingerprint density at radius 2 is 1.47 bits per heavy atom. The molecule has 0 saturated carbocycles. The van der Waals surface area contributed by atoms with E-state index in [1.54, 1.807) is 35.5 Å². The van der Waals surface area contributed by atoms with Crippen molar-refractivity contribution in [3.63, 3.8) is 0 Å². The van der Waals surface area contributed by atoms with Crippen LogP contribution in [0.15, 0.2) is 139 Å². The van der Waals surface area contributed by atoms with E-state index >= 15 is 4.79 Å². The molecule has 4 aromatic heterocycles. The van der Waals surface area contributed by atoms with Crippen LogP contribution in [0.5, 0.6) is 5.75 Å². The first-order valence-corrected chi connectivity index (χ1v) is 27.5.